The predicted molar refractivity (Wildman–Crippen MR) is 112 cm³/mol. The summed E-state index contributed by atoms with van der Waals surface area (Å²) in [5, 5.41) is 9.55. The fourth-order valence-corrected chi connectivity index (χ4v) is 2.94. The highest BCUT2D eigenvalue weighted by Gasteiger charge is 2.09. The number of amides is 1. The van der Waals surface area contributed by atoms with E-state index in [1.54, 1.807) is 12.1 Å². The first-order chi connectivity index (χ1) is 13.2. The number of hydrogen-bond acceptors (Lipinski definition) is 4. The van der Waals surface area contributed by atoms with E-state index in [-0.39, 0.29) is 5.91 Å². The van der Waals surface area contributed by atoms with Gasteiger partial charge >= 0.3 is 0 Å². The summed E-state index contributed by atoms with van der Waals surface area (Å²) in [6.45, 7) is 9.60. The maximum Gasteiger partial charge on any atom is 0.251 e. The summed E-state index contributed by atoms with van der Waals surface area (Å²) in [4.78, 5) is 19.0. The average Bonchev–Trinajstić information content (AvgIpc) is 2.69. The van der Waals surface area contributed by atoms with E-state index in [1.807, 2.05) is 12.1 Å². The van der Waals surface area contributed by atoms with Gasteiger partial charge in [0.25, 0.3) is 5.91 Å². The Morgan fingerprint density at radius 2 is 1.89 bits per heavy atom. The maximum absolute atomic E-state index is 12.0. The first-order valence-electron chi connectivity index (χ1n) is 9.55. The van der Waals surface area contributed by atoms with Crippen molar-refractivity contribution in [3.63, 3.8) is 0 Å². The zero-order valence-corrected chi connectivity index (χ0v) is 17.6. The Kier molecular flexibility index (Phi) is 10.2. The van der Waals surface area contributed by atoms with E-state index in [0.29, 0.717) is 18.7 Å². The molecule has 0 atom stereocenters. The number of hydrogen-bond donors (Lipinski definition) is 3. The molecule has 2 rings (SSSR count). The molecule has 3 N–H and O–H groups in total. The molecular formula is C19H30BrN5O2. The van der Waals surface area contributed by atoms with Crippen LogP contribution in [-0.2, 0) is 4.74 Å². The lowest BCUT2D eigenvalue weighted by Gasteiger charge is -2.26. The summed E-state index contributed by atoms with van der Waals surface area (Å²) >= 11 is 3.37. The van der Waals surface area contributed by atoms with Crippen molar-refractivity contribution in [2.75, 3.05) is 59.0 Å². The average molecular weight is 440 g/mol. The molecule has 1 aromatic rings. The molecule has 1 aromatic carbocycles. The summed E-state index contributed by atoms with van der Waals surface area (Å²) in [6, 6.07) is 7.34. The molecule has 0 unspecified atom stereocenters. The molecule has 1 fully saturated rings. The summed E-state index contributed by atoms with van der Waals surface area (Å²) in [6.07, 6.45) is 0.794. The molecule has 8 heteroatoms. The van der Waals surface area contributed by atoms with Crippen LogP contribution in [0.4, 0.5) is 0 Å². The third-order valence-corrected chi connectivity index (χ3v) is 4.69. The van der Waals surface area contributed by atoms with Gasteiger partial charge in [0.05, 0.1) is 13.2 Å². The lowest BCUT2D eigenvalue weighted by atomic mass is 10.2. The normalized spacial score (nSPS) is 15.4. The van der Waals surface area contributed by atoms with Gasteiger partial charge in [-0.15, -0.1) is 0 Å². The number of rotatable bonds is 9. The molecule has 1 heterocycles. The largest absolute Gasteiger partial charge is 0.379 e. The smallest absolute Gasteiger partial charge is 0.251 e. The van der Waals surface area contributed by atoms with Gasteiger partial charge in [-0.25, -0.2) is 0 Å². The van der Waals surface area contributed by atoms with E-state index in [0.717, 1.165) is 62.8 Å². The quantitative estimate of drug-likeness (QED) is 0.308. The molecule has 0 bridgehead atoms. The maximum atomic E-state index is 12.0. The van der Waals surface area contributed by atoms with Crippen LogP contribution >= 0.6 is 15.9 Å². The van der Waals surface area contributed by atoms with Crippen LogP contribution in [0.2, 0.25) is 0 Å². The van der Waals surface area contributed by atoms with Gasteiger partial charge in [-0.2, -0.15) is 0 Å². The number of nitrogens with one attached hydrogen (secondary N) is 3. The third kappa shape index (κ3) is 8.73. The van der Waals surface area contributed by atoms with Crippen LogP contribution in [0.15, 0.2) is 33.7 Å². The Hall–Kier alpha value is -1.64. The molecule has 0 radical (unpaired) electrons. The van der Waals surface area contributed by atoms with Crippen LogP contribution in [0.1, 0.15) is 23.7 Å². The zero-order chi connectivity index (χ0) is 19.3. The van der Waals surface area contributed by atoms with E-state index in [9.17, 15) is 4.79 Å². The predicted octanol–water partition coefficient (Wildman–Crippen LogP) is 1.46. The molecule has 0 spiro atoms. The number of guanidine groups is 1. The molecule has 1 aliphatic rings. The Balaban J connectivity index is 1.63. The van der Waals surface area contributed by atoms with E-state index < -0.39 is 0 Å². The van der Waals surface area contributed by atoms with E-state index in [4.69, 9.17) is 4.74 Å². The lowest BCUT2D eigenvalue weighted by Crippen LogP contribution is -2.44. The van der Waals surface area contributed by atoms with Crippen molar-refractivity contribution in [2.24, 2.45) is 4.99 Å². The summed E-state index contributed by atoms with van der Waals surface area (Å²) in [7, 11) is 0. The molecule has 1 saturated heterocycles. The Labute approximate surface area is 170 Å². The molecule has 0 saturated carbocycles. The molecule has 0 aliphatic carbocycles. The van der Waals surface area contributed by atoms with E-state index in [2.05, 4.69) is 48.7 Å². The zero-order valence-electron chi connectivity index (χ0n) is 16.0. The minimum atomic E-state index is -0.0537. The van der Waals surface area contributed by atoms with Gasteiger partial charge < -0.3 is 20.7 Å². The topological polar surface area (TPSA) is 78.0 Å². The standard InChI is InChI=1S/C19H30BrN5O2/c1-2-21-19(24-10-11-25-12-14-27-15-13-25)23-9-3-8-22-18(26)16-4-6-17(20)7-5-16/h4-7H,2-3,8-15H2,1H3,(H,22,26)(H2,21,23,24). The summed E-state index contributed by atoms with van der Waals surface area (Å²) < 4.78 is 6.33. The number of ether oxygens (including phenoxy) is 1. The van der Waals surface area contributed by atoms with Crippen molar-refractivity contribution in [2.45, 2.75) is 13.3 Å². The highest BCUT2D eigenvalue weighted by molar-refractivity contribution is 9.10. The molecule has 27 heavy (non-hydrogen) atoms. The van der Waals surface area contributed by atoms with Crippen molar-refractivity contribution in [1.82, 2.24) is 20.9 Å². The molecular weight excluding hydrogens is 410 g/mol. The van der Waals surface area contributed by atoms with E-state index in [1.165, 1.54) is 0 Å². The molecule has 1 amide bonds. The van der Waals surface area contributed by atoms with Crippen molar-refractivity contribution in [3.8, 4) is 0 Å². The third-order valence-electron chi connectivity index (χ3n) is 4.17. The second-order valence-electron chi connectivity index (χ2n) is 6.26. The number of nitrogens with zero attached hydrogens (tertiary/aromatic N) is 2. The molecule has 7 nitrogen and oxygen atoms in total. The fraction of sp³-hybridized carbons (Fsp3) is 0.579. The van der Waals surface area contributed by atoms with Crippen molar-refractivity contribution in [3.05, 3.63) is 34.3 Å². The summed E-state index contributed by atoms with van der Waals surface area (Å²) in [5.74, 6) is 0.770. The van der Waals surface area contributed by atoms with Gasteiger partial charge in [0.15, 0.2) is 5.96 Å². The first-order valence-corrected chi connectivity index (χ1v) is 10.3. The number of aliphatic imine (C=N–C) groups is 1. The molecule has 150 valence electrons. The van der Waals surface area contributed by atoms with Gasteiger partial charge in [-0.3, -0.25) is 14.7 Å². The van der Waals surface area contributed by atoms with Crippen molar-refractivity contribution < 1.29 is 9.53 Å². The Morgan fingerprint density at radius 3 is 2.59 bits per heavy atom. The van der Waals surface area contributed by atoms with Crippen LogP contribution in [0.25, 0.3) is 0 Å². The second-order valence-corrected chi connectivity index (χ2v) is 7.17. The van der Waals surface area contributed by atoms with Crippen molar-refractivity contribution in [1.29, 1.82) is 0 Å². The first kappa shape index (κ1) is 21.7. The minimum absolute atomic E-state index is 0.0537. The van der Waals surface area contributed by atoms with Crippen LogP contribution in [0.5, 0.6) is 0 Å². The monoisotopic (exact) mass is 439 g/mol. The lowest BCUT2D eigenvalue weighted by molar-refractivity contribution is 0.0389. The SMILES string of the molecule is CCNC(=NCCCNC(=O)c1ccc(Br)cc1)NCCN1CCOCC1. The van der Waals surface area contributed by atoms with Crippen LogP contribution in [-0.4, -0.2) is 75.8 Å². The van der Waals surface area contributed by atoms with Crippen molar-refractivity contribution >= 4 is 27.8 Å². The second kappa shape index (κ2) is 12.7. The number of morpholine rings is 1. The highest BCUT2D eigenvalue weighted by Crippen LogP contribution is 2.10. The van der Waals surface area contributed by atoms with Gasteiger partial charge in [0, 0.05) is 55.8 Å². The minimum Gasteiger partial charge on any atom is -0.379 e. The highest BCUT2D eigenvalue weighted by atomic mass is 79.9. The number of benzene rings is 1. The van der Waals surface area contributed by atoms with Gasteiger partial charge in [-0.1, -0.05) is 15.9 Å². The molecule has 1 aliphatic heterocycles. The summed E-state index contributed by atoms with van der Waals surface area (Å²) in [5.41, 5.74) is 0.666. The number of carbonyl (C=O) groups excluding carboxylic acids is 1. The van der Waals surface area contributed by atoms with Crippen LogP contribution < -0.4 is 16.0 Å². The number of halogens is 1. The van der Waals surface area contributed by atoms with Crippen LogP contribution in [0.3, 0.4) is 0 Å². The molecule has 0 aromatic heterocycles. The van der Waals surface area contributed by atoms with Gasteiger partial charge in [0.2, 0.25) is 0 Å². The van der Waals surface area contributed by atoms with E-state index >= 15 is 0 Å². The Morgan fingerprint density at radius 1 is 1.15 bits per heavy atom. The fourth-order valence-electron chi connectivity index (χ4n) is 2.67. The van der Waals surface area contributed by atoms with Crippen LogP contribution in [0, 0.1) is 0 Å². The van der Waals surface area contributed by atoms with Gasteiger partial charge in [0.1, 0.15) is 0 Å². The van der Waals surface area contributed by atoms with Gasteiger partial charge in [-0.05, 0) is 37.6 Å². The number of carbonyl (C=O) groups is 1. The Bertz CT molecular complexity index is 588.